The van der Waals surface area contributed by atoms with Crippen molar-refractivity contribution in [3.63, 3.8) is 0 Å². The van der Waals surface area contributed by atoms with Gasteiger partial charge < -0.3 is 15.5 Å². The van der Waals surface area contributed by atoms with E-state index in [0.29, 0.717) is 21.9 Å². The largest absolute Gasteiger partial charge is 0.508 e. The van der Waals surface area contributed by atoms with E-state index in [1.807, 2.05) is 31.2 Å². The molecule has 3 rings (SSSR count). The van der Waals surface area contributed by atoms with Crippen LogP contribution in [0.3, 0.4) is 0 Å². The van der Waals surface area contributed by atoms with E-state index in [9.17, 15) is 10.2 Å². The van der Waals surface area contributed by atoms with Crippen molar-refractivity contribution in [1.29, 1.82) is 0 Å². The number of anilines is 1. The highest BCUT2D eigenvalue weighted by Gasteiger charge is 2.21. The Balaban J connectivity index is 2.28. The van der Waals surface area contributed by atoms with Crippen molar-refractivity contribution >= 4 is 23.1 Å². The molecule has 2 heterocycles. The molecule has 0 bridgehead atoms. The van der Waals surface area contributed by atoms with Crippen LogP contribution in [0.25, 0.3) is 16.9 Å². The average Bonchev–Trinajstić information content (AvgIpc) is 2.75. The Morgan fingerprint density at radius 1 is 1.13 bits per heavy atom. The van der Waals surface area contributed by atoms with Crippen LogP contribution >= 0.6 is 11.6 Å². The SMILES string of the molecule is CC(C)(C)Nc1c(-c2ccc(O)cc2O)nc2ccc(Cl)cn12. The fourth-order valence-corrected chi connectivity index (χ4v) is 2.56. The fourth-order valence-electron chi connectivity index (χ4n) is 2.40. The lowest BCUT2D eigenvalue weighted by molar-refractivity contribution is 0.452. The van der Waals surface area contributed by atoms with Crippen molar-refractivity contribution in [3.05, 3.63) is 41.6 Å². The third-order valence-electron chi connectivity index (χ3n) is 3.31. The Bertz CT molecular complexity index is 881. The van der Waals surface area contributed by atoms with E-state index in [4.69, 9.17) is 11.6 Å². The number of pyridine rings is 1. The summed E-state index contributed by atoms with van der Waals surface area (Å²) in [5.41, 5.74) is 1.64. The molecule has 6 heteroatoms. The second kappa shape index (κ2) is 5.35. The fraction of sp³-hybridized carbons (Fsp3) is 0.235. The molecule has 0 aliphatic heterocycles. The predicted octanol–water partition coefficient (Wildman–Crippen LogP) is 4.28. The van der Waals surface area contributed by atoms with Gasteiger partial charge >= 0.3 is 0 Å². The van der Waals surface area contributed by atoms with E-state index >= 15 is 0 Å². The zero-order valence-corrected chi connectivity index (χ0v) is 13.9. The number of phenols is 2. The first-order chi connectivity index (χ1) is 10.7. The smallest absolute Gasteiger partial charge is 0.139 e. The maximum Gasteiger partial charge on any atom is 0.139 e. The van der Waals surface area contributed by atoms with Crippen molar-refractivity contribution < 1.29 is 10.2 Å². The molecule has 0 atom stereocenters. The van der Waals surface area contributed by atoms with Gasteiger partial charge in [0.2, 0.25) is 0 Å². The first kappa shape index (κ1) is 15.5. The number of rotatable bonds is 2. The number of nitrogens with one attached hydrogen (secondary N) is 1. The van der Waals surface area contributed by atoms with Gasteiger partial charge in [-0.2, -0.15) is 0 Å². The van der Waals surface area contributed by atoms with Crippen LogP contribution < -0.4 is 5.32 Å². The molecule has 0 aliphatic carbocycles. The molecule has 0 amide bonds. The summed E-state index contributed by atoms with van der Waals surface area (Å²) in [6.45, 7) is 6.12. The van der Waals surface area contributed by atoms with Crippen LogP contribution in [0.4, 0.5) is 5.82 Å². The lowest BCUT2D eigenvalue weighted by atomic mass is 10.1. The van der Waals surface area contributed by atoms with Gasteiger partial charge in [-0.3, -0.25) is 4.40 Å². The number of imidazole rings is 1. The van der Waals surface area contributed by atoms with Crippen molar-refractivity contribution in [2.45, 2.75) is 26.3 Å². The van der Waals surface area contributed by atoms with Crippen LogP contribution in [0.15, 0.2) is 36.5 Å². The first-order valence-corrected chi connectivity index (χ1v) is 7.60. The van der Waals surface area contributed by atoms with Gasteiger partial charge in [0.25, 0.3) is 0 Å². The van der Waals surface area contributed by atoms with Crippen LogP contribution in [-0.2, 0) is 0 Å². The van der Waals surface area contributed by atoms with E-state index in [0.717, 1.165) is 5.82 Å². The highest BCUT2D eigenvalue weighted by molar-refractivity contribution is 6.30. The van der Waals surface area contributed by atoms with Crippen molar-refractivity contribution in [1.82, 2.24) is 9.38 Å². The normalized spacial score (nSPS) is 11.8. The second-order valence-electron chi connectivity index (χ2n) is 6.46. The van der Waals surface area contributed by atoms with E-state index < -0.39 is 0 Å². The van der Waals surface area contributed by atoms with Crippen LogP contribution in [0.1, 0.15) is 20.8 Å². The molecule has 3 N–H and O–H groups in total. The maximum atomic E-state index is 10.2. The number of benzene rings is 1. The van der Waals surface area contributed by atoms with Gasteiger partial charge in [0.1, 0.15) is 28.7 Å². The first-order valence-electron chi connectivity index (χ1n) is 7.23. The molecule has 5 nitrogen and oxygen atoms in total. The van der Waals surface area contributed by atoms with Crippen molar-refractivity contribution in [2.75, 3.05) is 5.32 Å². The Labute approximate surface area is 139 Å². The lowest BCUT2D eigenvalue weighted by Crippen LogP contribution is -2.27. The number of aromatic hydroxyl groups is 2. The molecule has 0 aliphatic rings. The summed E-state index contributed by atoms with van der Waals surface area (Å²) in [7, 11) is 0. The third-order valence-corrected chi connectivity index (χ3v) is 3.54. The lowest BCUT2D eigenvalue weighted by Gasteiger charge is -2.22. The minimum Gasteiger partial charge on any atom is -0.508 e. The molecule has 3 aromatic rings. The molecule has 0 fully saturated rings. The minimum absolute atomic E-state index is 0.00314. The number of phenolic OH excluding ortho intramolecular Hbond substituents is 2. The molecular weight excluding hydrogens is 314 g/mol. The van der Waals surface area contributed by atoms with Crippen molar-refractivity contribution in [2.24, 2.45) is 0 Å². The number of fused-ring (bicyclic) bond motifs is 1. The maximum absolute atomic E-state index is 10.2. The molecule has 0 radical (unpaired) electrons. The molecule has 0 saturated heterocycles. The van der Waals surface area contributed by atoms with Crippen LogP contribution in [-0.4, -0.2) is 25.1 Å². The Morgan fingerprint density at radius 3 is 2.52 bits per heavy atom. The van der Waals surface area contributed by atoms with Crippen molar-refractivity contribution in [3.8, 4) is 22.8 Å². The highest BCUT2D eigenvalue weighted by Crippen LogP contribution is 2.37. The summed E-state index contributed by atoms with van der Waals surface area (Å²) >= 11 is 6.11. The van der Waals surface area contributed by atoms with E-state index in [-0.39, 0.29) is 17.0 Å². The number of aromatic nitrogens is 2. The minimum atomic E-state index is -0.209. The van der Waals surface area contributed by atoms with Gasteiger partial charge in [-0.05, 0) is 45.0 Å². The summed E-state index contributed by atoms with van der Waals surface area (Å²) in [5.74, 6) is 0.704. The topological polar surface area (TPSA) is 69.8 Å². The monoisotopic (exact) mass is 331 g/mol. The predicted molar refractivity (Wildman–Crippen MR) is 92.3 cm³/mol. The molecule has 2 aromatic heterocycles. The molecule has 120 valence electrons. The number of hydrogen-bond acceptors (Lipinski definition) is 4. The third kappa shape index (κ3) is 3.05. The van der Waals surface area contributed by atoms with E-state index in [2.05, 4.69) is 10.3 Å². The highest BCUT2D eigenvalue weighted by atomic mass is 35.5. The summed E-state index contributed by atoms with van der Waals surface area (Å²) in [6, 6.07) is 8.05. The summed E-state index contributed by atoms with van der Waals surface area (Å²) in [6.07, 6.45) is 1.78. The molecule has 0 spiro atoms. The summed E-state index contributed by atoms with van der Waals surface area (Å²) in [4.78, 5) is 4.60. The van der Waals surface area contributed by atoms with Gasteiger partial charge in [-0.15, -0.1) is 0 Å². The van der Waals surface area contributed by atoms with Crippen LogP contribution in [0, 0.1) is 0 Å². The Kier molecular flexibility index (Phi) is 3.60. The summed E-state index contributed by atoms with van der Waals surface area (Å²) < 4.78 is 1.86. The molecule has 0 saturated carbocycles. The van der Waals surface area contributed by atoms with Gasteiger partial charge in [0.05, 0.1) is 5.02 Å². The quantitative estimate of drug-likeness (QED) is 0.655. The Morgan fingerprint density at radius 2 is 1.87 bits per heavy atom. The van der Waals surface area contributed by atoms with E-state index in [1.54, 1.807) is 18.3 Å². The number of hydrogen-bond donors (Lipinski definition) is 3. The molecule has 1 aromatic carbocycles. The zero-order valence-electron chi connectivity index (χ0n) is 13.1. The van der Waals surface area contributed by atoms with Crippen LogP contribution in [0.2, 0.25) is 5.02 Å². The van der Waals surface area contributed by atoms with Gasteiger partial charge in [-0.1, -0.05) is 11.6 Å². The van der Waals surface area contributed by atoms with Gasteiger partial charge in [-0.25, -0.2) is 4.98 Å². The standard InChI is InChI=1S/C17H18ClN3O2/c1-17(2,3)20-16-15(12-6-5-11(22)8-13(12)23)19-14-7-4-10(18)9-21(14)16/h4-9,20,22-23H,1-3H3. The molecular formula is C17H18ClN3O2. The number of halogens is 1. The molecule has 0 unspecified atom stereocenters. The Hall–Kier alpha value is -2.40. The average molecular weight is 332 g/mol. The zero-order chi connectivity index (χ0) is 16.8. The van der Waals surface area contributed by atoms with Gasteiger partial charge in [0, 0.05) is 23.4 Å². The van der Waals surface area contributed by atoms with E-state index in [1.165, 1.54) is 12.1 Å². The second-order valence-corrected chi connectivity index (χ2v) is 6.90. The van der Waals surface area contributed by atoms with Crippen LogP contribution in [0.5, 0.6) is 11.5 Å². The summed E-state index contributed by atoms with van der Waals surface area (Å²) in [5, 5.41) is 23.7. The number of nitrogens with zero attached hydrogens (tertiary/aromatic N) is 2. The molecule has 23 heavy (non-hydrogen) atoms. The van der Waals surface area contributed by atoms with Gasteiger partial charge in [0.15, 0.2) is 0 Å².